The molecule has 0 saturated carbocycles. The molecule has 1 atom stereocenters. The molecule has 1 aliphatic heterocycles. The number of hydrogen-bond donors (Lipinski definition) is 0. The van der Waals surface area contributed by atoms with Crippen LogP contribution in [0.2, 0.25) is 0 Å². The summed E-state index contributed by atoms with van der Waals surface area (Å²) < 4.78 is 31.4. The summed E-state index contributed by atoms with van der Waals surface area (Å²) in [5.74, 6) is 1.57. The number of methoxy groups -OCH3 is 2. The van der Waals surface area contributed by atoms with Crippen LogP contribution >= 0.6 is 27.3 Å². The fourth-order valence-corrected chi connectivity index (χ4v) is 6.89. The molecular weight excluding hydrogens is 684 g/mol. The van der Waals surface area contributed by atoms with E-state index in [-0.39, 0.29) is 23.8 Å². The molecule has 47 heavy (non-hydrogen) atoms. The summed E-state index contributed by atoms with van der Waals surface area (Å²) in [5.41, 5.74) is 4.03. The molecular formula is C36H37BrN2O7S. The highest BCUT2D eigenvalue weighted by atomic mass is 79.9. The molecule has 0 saturated heterocycles. The maximum atomic E-state index is 14.2. The van der Waals surface area contributed by atoms with Gasteiger partial charge in [0.25, 0.3) is 5.56 Å². The minimum atomic E-state index is -0.798. The van der Waals surface area contributed by atoms with E-state index in [0.29, 0.717) is 54.7 Å². The minimum absolute atomic E-state index is 0.0721. The van der Waals surface area contributed by atoms with Crippen LogP contribution in [0.1, 0.15) is 56.0 Å². The first-order chi connectivity index (χ1) is 22.5. The van der Waals surface area contributed by atoms with Gasteiger partial charge in [0.15, 0.2) is 27.8 Å². The zero-order chi connectivity index (χ0) is 33.8. The third kappa shape index (κ3) is 7.31. The Bertz CT molecular complexity index is 2010. The zero-order valence-corrected chi connectivity index (χ0v) is 29.8. The second-order valence-electron chi connectivity index (χ2n) is 11.2. The molecule has 246 valence electrons. The summed E-state index contributed by atoms with van der Waals surface area (Å²) >= 11 is 4.87. The van der Waals surface area contributed by atoms with E-state index in [4.69, 9.17) is 23.7 Å². The Balaban J connectivity index is 1.59. The topological polar surface area (TPSA) is 97.6 Å². The maximum absolute atomic E-state index is 14.2. The van der Waals surface area contributed by atoms with Crippen molar-refractivity contribution in [2.45, 2.75) is 53.4 Å². The van der Waals surface area contributed by atoms with E-state index >= 15 is 0 Å². The largest absolute Gasteiger partial charge is 0.493 e. The lowest BCUT2D eigenvalue weighted by Crippen LogP contribution is -2.40. The van der Waals surface area contributed by atoms with Crippen molar-refractivity contribution in [2.24, 2.45) is 4.99 Å². The van der Waals surface area contributed by atoms with Gasteiger partial charge in [0.2, 0.25) is 0 Å². The Morgan fingerprint density at radius 3 is 2.40 bits per heavy atom. The van der Waals surface area contributed by atoms with E-state index in [1.165, 1.54) is 16.9 Å². The predicted octanol–water partition coefficient (Wildman–Crippen LogP) is 6.25. The number of benzene rings is 3. The van der Waals surface area contributed by atoms with Crippen LogP contribution in [0.5, 0.6) is 23.0 Å². The molecule has 1 aliphatic rings. The molecule has 0 aliphatic carbocycles. The highest BCUT2D eigenvalue weighted by Crippen LogP contribution is 2.38. The van der Waals surface area contributed by atoms with Gasteiger partial charge in [-0.05, 0) is 97.6 Å². The molecule has 0 fully saturated rings. The molecule has 2 heterocycles. The molecule has 4 aromatic rings. The second kappa shape index (κ2) is 14.6. The number of halogens is 1. The van der Waals surface area contributed by atoms with E-state index in [1.807, 2.05) is 63.2 Å². The number of allylic oxidation sites excluding steroid dienone is 1. The van der Waals surface area contributed by atoms with Crippen molar-refractivity contribution in [1.29, 1.82) is 0 Å². The number of esters is 1. The summed E-state index contributed by atoms with van der Waals surface area (Å²) in [6.07, 6.45) is 1.71. The van der Waals surface area contributed by atoms with Crippen LogP contribution in [-0.2, 0) is 16.1 Å². The molecule has 0 N–H and O–H groups in total. The van der Waals surface area contributed by atoms with Crippen molar-refractivity contribution >= 4 is 39.3 Å². The van der Waals surface area contributed by atoms with E-state index in [2.05, 4.69) is 20.9 Å². The number of thiazole rings is 1. The molecule has 0 bridgehead atoms. The van der Waals surface area contributed by atoms with Crippen molar-refractivity contribution in [2.75, 3.05) is 20.8 Å². The van der Waals surface area contributed by atoms with Gasteiger partial charge in [0.1, 0.15) is 6.61 Å². The van der Waals surface area contributed by atoms with Gasteiger partial charge in [-0.1, -0.05) is 47.2 Å². The van der Waals surface area contributed by atoms with Crippen LogP contribution in [0.15, 0.2) is 80.1 Å². The van der Waals surface area contributed by atoms with Crippen LogP contribution in [0.4, 0.5) is 0 Å². The lowest BCUT2D eigenvalue weighted by atomic mass is 9.95. The lowest BCUT2D eigenvalue weighted by molar-refractivity contribution is -0.139. The number of aryl methyl sites for hydroxylation is 1. The fraction of sp³-hybridized carbons (Fsp3) is 0.306. The van der Waals surface area contributed by atoms with Gasteiger partial charge in [-0.2, -0.15) is 0 Å². The van der Waals surface area contributed by atoms with Crippen molar-refractivity contribution in [3.05, 3.63) is 112 Å². The summed E-state index contributed by atoms with van der Waals surface area (Å²) in [7, 11) is 3.12. The van der Waals surface area contributed by atoms with Gasteiger partial charge in [-0.15, -0.1) is 0 Å². The van der Waals surface area contributed by atoms with Crippen LogP contribution in [-0.4, -0.2) is 37.5 Å². The normalized spacial score (nSPS) is 14.5. The zero-order valence-electron chi connectivity index (χ0n) is 27.4. The van der Waals surface area contributed by atoms with Crippen molar-refractivity contribution < 1.29 is 28.5 Å². The molecule has 0 radical (unpaired) electrons. The molecule has 0 spiro atoms. The van der Waals surface area contributed by atoms with Gasteiger partial charge in [-0.25, -0.2) is 9.79 Å². The fourth-order valence-electron chi connectivity index (χ4n) is 5.27. The highest BCUT2D eigenvalue weighted by molar-refractivity contribution is 9.10. The quantitative estimate of drug-likeness (QED) is 0.169. The molecule has 3 aromatic carbocycles. The first-order valence-corrected chi connectivity index (χ1v) is 16.8. The number of fused-ring (bicyclic) bond motifs is 1. The summed E-state index contributed by atoms with van der Waals surface area (Å²) in [6.45, 7) is 9.93. The molecule has 9 nitrogen and oxygen atoms in total. The summed E-state index contributed by atoms with van der Waals surface area (Å²) in [4.78, 5) is 32.6. The maximum Gasteiger partial charge on any atom is 0.338 e. The van der Waals surface area contributed by atoms with E-state index in [1.54, 1.807) is 50.8 Å². The third-order valence-electron chi connectivity index (χ3n) is 7.44. The number of hydrogen-bond acceptors (Lipinski definition) is 9. The van der Waals surface area contributed by atoms with Gasteiger partial charge >= 0.3 is 5.97 Å². The molecule has 0 unspecified atom stereocenters. The van der Waals surface area contributed by atoms with Crippen LogP contribution in [0, 0.1) is 6.92 Å². The number of aromatic nitrogens is 1. The van der Waals surface area contributed by atoms with Crippen LogP contribution in [0.3, 0.4) is 0 Å². The summed E-state index contributed by atoms with van der Waals surface area (Å²) in [5, 5.41) is 0. The smallest absolute Gasteiger partial charge is 0.338 e. The van der Waals surface area contributed by atoms with Gasteiger partial charge in [-0.3, -0.25) is 9.36 Å². The average molecular weight is 722 g/mol. The SMILES string of the molecule is CCOC(=O)C1=C(C)N=c2s/c(=C\c3cc(Br)c(OCc4ccc(C)cc4)c(OC)c3)c(=O)n2[C@@H]1c1ccc(OC(C)C)c(OC)c1. The number of carbonyl (C=O) groups is 1. The molecule has 5 rings (SSSR count). The molecule has 11 heteroatoms. The Morgan fingerprint density at radius 2 is 1.74 bits per heavy atom. The monoisotopic (exact) mass is 720 g/mol. The van der Waals surface area contributed by atoms with E-state index in [0.717, 1.165) is 11.1 Å². The van der Waals surface area contributed by atoms with Gasteiger partial charge in [0, 0.05) is 0 Å². The van der Waals surface area contributed by atoms with Crippen molar-refractivity contribution in [3.63, 3.8) is 0 Å². The number of nitrogens with zero attached hydrogens (tertiary/aromatic N) is 2. The van der Waals surface area contributed by atoms with Gasteiger partial charge in [0.05, 0.1) is 53.2 Å². The first-order valence-electron chi connectivity index (χ1n) is 15.1. The third-order valence-corrected chi connectivity index (χ3v) is 9.01. The number of rotatable bonds is 11. The molecule has 0 amide bonds. The Hall–Kier alpha value is -4.35. The van der Waals surface area contributed by atoms with Crippen LogP contribution in [0.25, 0.3) is 6.08 Å². The number of ether oxygens (including phenoxy) is 5. The highest BCUT2D eigenvalue weighted by Gasteiger charge is 2.34. The summed E-state index contributed by atoms with van der Waals surface area (Å²) in [6, 6.07) is 16.4. The second-order valence-corrected chi connectivity index (χ2v) is 13.1. The number of carbonyl (C=O) groups excluding carboxylic acids is 1. The van der Waals surface area contributed by atoms with E-state index < -0.39 is 12.0 Å². The Morgan fingerprint density at radius 1 is 1.02 bits per heavy atom. The van der Waals surface area contributed by atoms with Crippen molar-refractivity contribution in [3.8, 4) is 23.0 Å². The standard InChI is InChI=1S/C36H37BrN2O7S/c1-8-44-35(41)31-22(5)38-36-39(32(31)25-13-14-27(46-20(2)3)28(18-25)42-6)34(40)30(47-36)17-24-15-26(37)33(29(16-24)43-7)45-19-23-11-9-21(4)10-12-23/h9-18,20,32H,8,19H2,1-7H3/b30-17-/t32-/m1/s1. The lowest BCUT2D eigenvalue weighted by Gasteiger charge is -2.25. The van der Waals surface area contributed by atoms with Crippen LogP contribution < -0.4 is 33.8 Å². The predicted molar refractivity (Wildman–Crippen MR) is 185 cm³/mol. The van der Waals surface area contributed by atoms with Gasteiger partial charge < -0.3 is 23.7 Å². The average Bonchev–Trinajstić information content (AvgIpc) is 3.34. The first kappa shape index (κ1) is 34.0. The molecule has 1 aromatic heterocycles. The van der Waals surface area contributed by atoms with Crippen molar-refractivity contribution in [1.82, 2.24) is 4.57 Å². The Kier molecular flexibility index (Phi) is 10.6. The minimum Gasteiger partial charge on any atom is -0.493 e. The van der Waals surface area contributed by atoms with E-state index in [9.17, 15) is 9.59 Å². The Labute approximate surface area is 285 Å².